The molecule has 0 aromatic heterocycles. The highest BCUT2D eigenvalue weighted by Gasteiger charge is 2.35. The first kappa shape index (κ1) is 26.2. The van der Waals surface area contributed by atoms with Gasteiger partial charge in [-0.25, -0.2) is 5.43 Å². The highest BCUT2D eigenvalue weighted by atomic mass is 35.5. The van der Waals surface area contributed by atoms with Gasteiger partial charge in [-0.1, -0.05) is 29.8 Å². The quantitative estimate of drug-likeness (QED) is 0.301. The Hall–Kier alpha value is -3.84. The van der Waals surface area contributed by atoms with Crippen LogP contribution < -0.4 is 19.8 Å². The first-order chi connectivity index (χ1) is 17.8. The zero-order valence-corrected chi connectivity index (χ0v) is 21.9. The van der Waals surface area contributed by atoms with Gasteiger partial charge >= 0.3 is 0 Å². The van der Waals surface area contributed by atoms with E-state index >= 15 is 0 Å². The summed E-state index contributed by atoms with van der Waals surface area (Å²) in [5, 5.41) is 4.78. The number of aryl methyl sites for hydroxylation is 2. The number of benzene rings is 3. The number of hydrazone groups is 1. The van der Waals surface area contributed by atoms with Crippen LogP contribution in [-0.4, -0.2) is 31.2 Å². The number of rotatable bonds is 9. The summed E-state index contributed by atoms with van der Waals surface area (Å²) in [6, 6.07) is 18.8. The molecule has 1 aliphatic heterocycles. The highest BCUT2D eigenvalue weighted by molar-refractivity contribution is 6.30. The second kappa shape index (κ2) is 11.9. The van der Waals surface area contributed by atoms with E-state index in [9.17, 15) is 9.59 Å². The fourth-order valence-electron chi connectivity index (χ4n) is 4.02. The van der Waals surface area contributed by atoms with Crippen molar-refractivity contribution < 1.29 is 19.1 Å². The van der Waals surface area contributed by atoms with Crippen LogP contribution in [0.15, 0.2) is 65.8 Å². The van der Waals surface area contributed by atoms with E-state index in [4.69, 9.17) is 21.1 Å². The van der Waals surface area contributed by atoms with Gasteiger partial charge in [-0.2, -0.15) is 5.10 Å². The monoisotopic (exact) mass is 519 g/mol. The van der Waals surface area contributed by atoms with Crippen LogP contribution in [0.5, 0.6) is 11.5 Å². The maximum atomic E-state index is 12.7. The Morgan fingerprint density at radius 2 is 1.84 bits per heavy atom. The average Bonchev–Trinajstić information content (AvgIpc) is 3.28. The Kier molecular flexibility index (Phi) is 8.46. The lowest BCUT2D eigenvalue weighted by Gasteiger charge is -2.17. The summed E-state index contributed by atoms with van der Waals surface area (Å²) in [7, 11) is 0. The lowest BCUT2D eigenvalue weighted by Crippen LogP contribution is -2.30. The normalized spacial score (nSPS) is 15.3. The molecule has 1 heterocycles. The molecule has 0 aliphatic carbocycles. The smallest absolute Gasteiger partial charge is 0.245 e. The minimum absolute atomic E-state index is 0.0667. The number of anilines is 1. The molecule has 7 nitrogen and oxygen atoms in total. The van der Waals surface area contributed by atoms with Gasteiger partial charge in [0.25, 0.3) is 0 Å². The largest absolute Gasteiger partial charge is 0.490 e. The average molecular weight is 520 g/mol. The molecule has 4 rings (SSSR count). The minimum Gasteiger partial charge on any atom is -0.490 e. The molecular weight excluding hydrogens is 490 g/mol. The van der Waals surface area contributed by atoms with Gasteiger partial charge < -0.3 is 14.4 Å². The van der Waals surface area contributed by atoms with Crippen LogP contribution in [0.2, 0.25) is 5.02 Å². The van der Waals surface area contributed by atoms with Crippen LogP contribution in [0.4, 0.5) is 5.69 Å². The second-order valence-electron chi connectivity index (χ2n) is 8.96. The van der Waals surface area contributed by atoms with E-state index in [2.05, 4.69) is 10.5 Å². The summed E-state index contributed by atoms with van der Waals surface area (Å²) < 4.78 is 11.7. The summed E-state index contributed by atoms with van der Waals surface area (Å²) in [5.74, 6) is 0.367. The lowest BCUT2D eigenvalue weighted by atomic mass is 10.1. The van der Waals surface area contributed by atoms with Gasteiger partial charge in [0.05, 0.1) is 18.7 Å². The van der Waals surface area contributed by atoms with Crippen molar-refractivity contribution in [2.75, 3.05) is 18.1 Å². The molecule has 0 saturated carbocycles. The first-order valence-electron chi connectivity index (χ1n) is 12.2. The molecule has 1 N–H and O–H groups in total. The molecule has 3 aromatic rings. The Balaban J connectivity index is 1.35. The van der Waals surface area contributed by atoms with E-state index in [1.807, 2.05) is 69.3 Å². The van der Waals surface area contributed by atoms with Crippen molar-refractivity contribution in [3.05, 3.63) is 87.9 Å². The SMILES string of the molecule is CCOc1cc(/C=N\NC(=O)[C@H]2CC(=O)N(c3ccc(C)c(C)c3)C2)ccc1OCc1ccc(Cl)cc1. The number of ether oxygens (including phenoxy) is 2. The molecule has 37 heavy (non-hydrogen) atoms. The van der Waals surface area contributed by atoms with Gasteiger partial charge in [0.1, 0.15) is 6.61 Å². The molecule has 2 amide bonds. The van der Waals surface area contributed by atoms with Crippen LogP contribution in [-0.2, 0) is 16.2 Å². The van der Waals surface area contributed by atoms with Crippen molar-refractivity contribution in [3.63, 3.8) is 0 Å². The zero-order valence-electron chi connectivity index (χ0n) is 21.2. The van der Waals surface area contributed by atoms with Crippen LogP contribution in [0.3, 0.4) is 0 Å². The number of carbonyl (C=O) groups is 2. The van der Waals surface area contributed by atoms with E-state index in [0.29, 0.717) is 36.3 Å². The predicted octanol–water partition coefficient (Wildman–Crippen LogP) is 5.44. The molecule has 0 unspecified atom stereocenters. The third-order valence-electron chi connectivity index (χ3n) is 6.26. The summed E-state index contributed by atoms with van der Waals surface area (Å²) in [6.45, 7) is 7.11. The van der Waals surface area contributed by atoms with E-state index in [1.165, 1.54) is 0 Å². The Bertz CT molecular complexity index is 1310. The van der Waals surface area contributed by atoms with Crippen LogP contribution in [0.25, 0.3) is 0 Å². The molecule has 1 fully saturated rings. The minimum atomic E-state index is -0.464. The summed E-state index contributed by atoms with van der Waals surface area (Å²) in [5.41, 5.74) is 7.38. The zero-order chi connectivity index (χ0) is 26.4. The van der Waals surface area contributed by atoms with Crippen molar-refractivity contribution in [1.82, 2.24) is 5.43 Å². The fourth-order valence-corrected chi connectivity index (χ4v) is 4.15. The van der Waals surface area contributed by atoms with Crippen LogP contribution in [0.1, 0.15) is 35.6 Å². The van der Waals surface area contributed by atoms with E-state index < -0.39 is 5.92 Å². The summed E-state index contributed by atoms with van der Waals surface area (Å²) in [4.78, 5) is 26.9. The standard InChI is InChI=1S/C29H30ClN3O4/c1-4-36-27-14-22(8-12-26(27)37-18-21-6-9-24(30)10-7-21)16-31-32-29(35)23-15-28(34)33(17-23)25-11-5-19(2)20(3)13-25/h5-14,16,23H,4,15,17-18H2,1-3H3,(H,32,35)/b31-16-/t23-/m0/s1. The maximum absolute atomic E-state index is 12.7. The van der Waals surface area contributed by atoms with E-state index in [1.54, 1.807) is 23.2 Å². The molecule has 192 valence electrons. The van der Waals surface area contributed by atoms with Gasteiger partial charge in [-0.15, -0.1) is 0 Å². The van der Waals surface area contributed by atoms with Crippen molar-refractivity contribution in [3.8, 4) is 11.5 Å². The number of halogens is 1. The number of nitrogens with zero attached hydrogens (tertiary/aromatic N) is 2. The van der Waals surface area contributed by atoms with Crippen molar-refractivity contribution in [2.24, 2.45) is 11.0 Å². The maximum Gasteiger partial charge on any atom is 0.245 e. The van der Waals surface area contributed by atoms with Crippen LogP contribution in [0, 0.1) is 19.8 Å². The second-order valence-corrected chi connectivity index (χ2v) is 9.40. The fraction of sp³-hybridized carbons (Fsp3) is 0.276. The molecule has 1 aliphatic rings. The summed E-state index contributed by atoms with van der Waals surface area (Å²) >= 11 is 5.94. The number of hydrogen-bond donors (Lipinski definition) is 1. The number of amides is 2. The van der Waals surface area contributed by atoms with E-state index in [-0.39, 0.29) is 18.2 Å². The number of nitrogens with one attached hydrogen (secondary N) is 1. The van der Waals surface area contributed by atoms with Gasteiger partial charge in [-0.05, 0) is 85.5 Å². The molecule has 0 bridgehead atoms. The number of carbonyl (C=O) groups excluding carboxylic acids is 2. The van der Waals surface area contributed by atoms with Crippen molar-refractivity contribution in [2.45, 2.75) is 33.8 Å². The third kappa shape index (κ3) is 6.68. The third-order valence-corrected chi connectivity index (χ3v) is 6.51. The predicted molar refractivity (Wildman–Crippen MR) is 146 cm³/mol. The molecule has 0 spiro atoms. The van der Waals surface area contributed by atoms with Crippen molar-refractivity contribution >= 4 is 35.3 Å². The van der Waals surface area contributed by atoms with Crippen molar-refractivity contribution in [1.29, 1.82) is 0 Å². The highest BCUT2D eigenvalue weighted by Crippen LogP contribution is 2.29. The van der Waals surface area contributed by atoms with Crippen LogP contribution >= 0.6 is 11.6 Å². The molecular formula is C29H30ClN3O4. The first-order valence-corrected chi connectivity index (χ1v) is 12.6. The van der Waals surface area contributed by atoms with Gasteiger partial charge in [0.2, 0.25) is 11.8 Å². The van der Waals surface area contributed by atoms with Gasteiger partial charge in [0, 0.05) is 23.7 Å². The number of hydrogen-bond acceptors (Lipinski definition) is 5. The Labute approximate surface area is 222 Å². The topological polar surface area (TPSA) is 80.2 Å². The molecule has 8 heteroatoms. The Morgan fingerprint density at radius 1 is 1.05 bits per heavy atom. The molecule has 3 aromatic carbocycles. The summed E-state index contributed by atoms with van der Waals surface area (Å²) in [6.07, 6.45) is 1.70. The van der Waals surface area contributed by atoms with Gasteiger partial charge in [-0.3, -0.25) is 9.59 Å². The molecule has 1 atom stereocenters. The van der Waals surface area contributed by atoms with E-state index in [0.717, 1.165) is 27.9 Å². The Morgan fingerprint density at radius 3 is 2.57 bits per heavy atom. The lowest BCUT2D eigenvalue weighted by molar-refractivity contribution is -0.126. The molecule has 0 radical (unpaired) electrons. The van der Waals surface area contributed by atoms with Gasteiger partial charge in [0.15, 0.2) is 11.5 Å². The molecule has 1 saturated heterocycles.